The number of carbonyl (C=O) groups excluding carboxylic acids is 1. The number of alkyl halides is 2. The molecule has 0 saturated carbocycles. The molecule has 0 aliphatic rings. The van der Waals surface area contributed by atoms with Crippen molar-refractivity contribution in [1.29, 1.82) is 0 Å². The van der Waals surface area contributed by atoms with Crippen molar-refractivity contribution in [1.82, 2.24) is 0 Å². The van der Waals surface area contributed by atoms with Crippen molar-refractivity contribution >= 4 is 29.2 Å². The Balaban J connectivity index is 2.53. The van der Waals surface area contributed by atoms with Gasteiger partial charge in [0.15, 0.2) is 0 Å². The molecule has 0 aliphatic carbocycles. The molecule has 0 heterocycles. The number of hydrogen-bond donors (Lipinski definition) is 2. The summed E-state index contributed by atoms with van der Waals surface area (Å²) >= 11 is 5.81. The summed E-state index contributed by atoms with van der Waals surface area (Å²) in [5, 5.41) is 11.4. The van der Waals surface area contributed by atoms with Gasteiger partial charge in [0.05, 0.1) is 29.3 Å². The molecule has 0 atom stereocenters. The average Bonchev–Trinajstić information content (AvgIpc) is 2.37. The molecule has 5 nitrogen and oxygen atoms in total. The molecule has 1 rings (SSSR count). The first kappa shape index (κ1) is 16.3. The van der Waals surface area contributed by atoms with Crippen LogP contribution < -0.4 is 5.32 Å². The van der Waals surface area contributed by atoms with Crippen LogP contribution in [-0.2, 0) is 9.53 Å². The van der Waals surface area contributed by atoms with E-state index in [2.05, 4.69) is 10.1 Å². The molecule has 1 aromatic rings. The van der Waals surface area contributed by atoms with Crippen molar-refractivity contribution in [3.8, 4) is 0 Å². The van der Waals surface area contributed by atoms with Gasteiger partial charge in [0.2, 0.25) is 5.91 Å². The maximum absolute atomic E-state index is 11.8. The Hall–Kier alpha value is -1.73. The second-order valence-electron chi connectivity index (χ2n) is 3.76. The third-order valence-electron chi connectivity index (χ3n) is 2.20. The van der Waals surface area contributed by atoms with Crippen LogP contribution in [0.3, 0.4) is 0 Å². The lowest BCUT2D eigenvalue weighted by molar-refractivity contribution is -0.117. The number of carboxylic acids is 1. The lowest BCUT2D eigenvalue weighted by Gasteiger charge is -2.08. The summed E-state index contributed by atoms with van der Waals surface area (Å²) in [6.07, 6.45) is -2.72. The zero-order valence-electron chi connectivity index (χ0n) is 10.2. The predicted octanol–water partition coefficient (Wildman–Crippen LogP) is 2.65. The minimum atomic E-state index is -2.58. The van der Waals surface area contributed by atoms with Gasteiger partial charge in [-0.05, 0) is 18.2 Å². The summed E-state index contributed by atoms with van der Waals surface area (Å²) < 4.78 is 28.1. The maximum atomic E-state index is 11.8. The number of amides is 1. The van der Waals surface area contributed by atoms with Crippen molar-refractivity contribution in [3.63, 3.8) is 0 Å². The minimum absolute atomic E-state index is 0.0290. The lowest BCUT2D eigenvalue weighted by atomic mass is 10.2. The molecule has 1 aromatic carbocycles. The first-order valence-electron chi connectivity index (χ1n) is 5.58. The molecule has 0 fully saturated rings. The molecule has 2 N–H and O–H groups in total. The van der Waals surface area contributed by atoms with Crippen LogP contribution in [0.1, 0.15) is 16.8 Å². The Labute approximate surface area is 118 Å². The first-order chi connectivity index (χ1) is 9.40. The zero-order chi connectivity index (χ0) is 15.1. The first-order valence-corrected chi connectivity index (χ1v) is 5.96. The quantitative estimate of drug-likeness (QED) is 0.759. The van der Waals surface area contributed by atoms with E-state index in [0.717, 1.165) is 0 Å². The van der Waals surface area contributed by atoms with Crippen molar-refractivity contribution < 1.29 is 28.2 Å². The van der Waals surface area contributed by atoms with Crippen LogP contribution in [0.4, 0.5) is 14.5 Å². The van der Waals surface area contributed by atoms with E-state index in [1.165, 1.54) is 18.2 Å². The molecular weight excluding hydrogens is 296 g/mol. The van der Waals surface area contributed by atoms with Crippen molar-refractivity contribution in [2.24, 2.45) is 0 Å². The van der Waals surface area contributed by atoms with Crippen LogP contribution in [0.15, 0.2) is 18.2 Å². The van der Waals surface area contributed by atoms with E-state index in [1.54, 1.807) is 0 Å². The number of carbonyl (C=O) groups is 2. The SMILES string of the molecule is O=C(CCOCC(F)F)Nc1cc(C(=O)O)ccc1Cl. The summed E-state index contributed by atoms with van der Waals surface area (Å²) in [7, 11) is 0. The molecule has 0 aliphatic heterocycles. The molecule has 110 valence electrons. The van der Waals surface area contributed by atoms with Gasteiger partial charge in [-0.2, -0.15) is 0 Å². The fraction of sp³-hybridized carbons (Fsp3) is 0.333. The lowest BCUT2D eigenvalue weighted by Crippen LogP contribution is -2.16. The number of nitrogens with one attached hydrogen (secondary N) is 1. The van der Waals surface area contributed by atoms with Gasteiger partial charge in [-0.1, -0.05) is 11.6 Å². The minimum Gasteiger partial charge on any atom is -0.478 e. The monoisotopic (exact) mass is 307 g/mol. The molecule has 20 heavy (non-hydrogen) atoms. The fourth-order valence-electron chi connectivity index (χ4n) is 1.30. The largest absolute Gasteiger partial charge is 0.478 e. The average molecular weight is 308 g/mol. The number of anilines is 1. The Morgan fingerprint density at radius 2 is 2.10 bits per heavy atom. The molecule has 0 radical (unpaired) electrons. The predicted molar refractivity (Wildman–Crippen MR) is 68.5 cm³/mol. The molecule has 8 heteroatoms. The number of hydrogen-bond acceptors (Lipinski definition) is 3. The number of ether oxygens (including phenoxy) is 1. The van der Waals surface area contributed by atoms with Crippen LogP contribution in [0.25, 0.3) is 0 Å². The smallest absolute Gasteiger partial charge is 0.335 e. The standard InChI is InChI=1S/C12H12ClF2NO4/c13-8-2-1-7(12(18)19)5-9(8)16-11(17)3-4-20-6-10(14)15/h1-2,5,10H,3-4,6H2,(H,16,17)(H,18,19). The summed E-state index contributed by atoms with van der Waals surface area (Å²) in [5.74, 6) is -1.67. The number of benzene rings is 1. The van der Waals surface area contributed by atoms with Gasteiger partial charge >= 0.3 is 5.97 Å². The molecule has 0 saturated heterocycles. The van der Waals surface area contributed by atoms with Crippen molar-refractivity contribution in [2.75, 3.05) is 18.5 Å². The molecule has 0 aromatic heterocycles. The van der Waals surface area contributed by atoms with Crippen LogP contribution in [-0.4, -0.2) is 36.6 Å². The number of aromatic carboxylic acids is 1. The highest BCUT2D eigenvalue weighted by Crippen LogP contribution is 2.23. The van der Waals surface area contributed by atoms with Gasteiger partial charge in [0.25, 0.3) is 6.43 Å². The Morgan fingerprint density at radius 1 is 1.40 bits per heavy atom. The molecule has 1 amide bonds. The van der Waals surface area contributed by atoms with Gasteiger partial charge in [-0.3, -0.25) is 4.79 Å². The van der Waals surface area contributed by atoms with Crippen LogP contribution in [0.5, 0.6) is 0 Å². The number of carboxylic acid groups (broad SMARTS) is 1. The highest BCUT2D eigenvalue weighted by Gasteiger charge is 2.10. The molecule has 0 bridgehead atoms. The van der Waals surface area contributed by atoms with Crippen molar-refractivity contribution in [2.45, 2.75) is 12.8 Å². The van der Waals surface area contributed by atoms with Gasteiger partial charge in [0.1, 0.15) is 6.61 Å². The van der Waals surface area contributed by atoms with E-state index in [-0.39, 0.29) is 29.3 Å². The highest BCUT2D eigenvalue weighted by atomic mass is 35.5. The normalized spacial score (nSPS) is 10.6. The van der Waals surface area contributed by atoms with Gasteiger partial charge < -0.3 is 15.2 Å². The van der Waals surface area contributed by atoms with Crippen LogP contribution in [0.2, 0.25) is 5.02 Å². The van der Waals surface area contributed by atoms with E-state index < -0.39 is 24.9 Å². The Morgan fingerprint density at radius 3 is 2.70 bits per heavy atom. The fourth-order valence-corrected chi connectivity index (χ4v) is 1.47. The summed E-state index contributed by atoms with van der Waals surface area (Å²) in [5.41, 5.74) is 0.115. The summed E-state index contributed by atoms with van der Waals surface area (Å²) in [6, 6.07) is 3.85. The van der Waals surface area contributed by atoms with E-state index in [4.69, 9.17) is 16.7 Å². The van der Waals surface area contributed by atoms with E-state index >= 15 is 0 Å². The second kappa shape index (κ2) is 7.76. The number of halogens is 3. The maximum Gasteiger partial charge on any atom is 0.335 e. The summed E-state index contributed by atoms with van der Waals surface area (Å²) in [6.45, 7) is -0.894. The number of rotatable bonds is 7. The zero-order valence-corrected chi connectivity index (χ0v) is 11.0. The van der Waals surface area contributed by atoms with Crippen LogP contribution >= 0.6 is 11.6 Å². The van der Waals surface area contributed by atoms with E-state index in [0.29, 0.717) is 0 Å². The Bertz CT molecular complexity index is 496. The van der Waals surface area contributed by atoms with Gasteiger partial charge in [0, 0.05) is 0 Å². The van der Waals surface area contributed by atoms with E-state index in [9.17, 15) is 18.4 Å². The second-order valence-corrected chi connectivity index (χ2v) is 4.17. The van der Waals surface area contributed by atoms with E-state index in [1.807, 2.05) is 0 Å². The molecular formula is C12H12ClF2NO4. The summed E-state index contributed by atoms with van der Waals surface area (Å²) in [4.78, 5) is 22.3. The van der Waals surface area contributed by atoms with Crippen LogP contribution in [0, 0.1) is 0 Å². The van der Waals surface area contributed by atoms with Gasteiger partial charge in [-0.15, -0.1) is 0 Å². The highest BCUT2D eigenvalue weighted by molar-refractivity contribution is 6.33. The van der Waals surface area contributed by atoms with Crippen molar-refractivity contribution in [3.05, 3.63) is 28.8 Å². The third-order valence-corrected chi connectivity index (χ3v) is 2.53. The Kier molecular flexibility index (Phi) is 6.33. The van der Waals surface area contributed by atoms with Gasteiger partial charge in [-0.25, -0.2) is 13.6 Å². The topological polar surface area (TPSA) is 75.6 Å². The molecule has 0 spiro atoms. The third kappa shape index (κ3) is 5.50. The molecule has 0 unspecified atom stereocenters.